The highest BCUT2D eigenvalue weighted by Crippen LogP contribution is 2.32. The van der Waals surface area contributed by atoms with Gasteiger partial charge in [0.2, 0.25) is 11.8 Å². The highest BCUT2D eigenvalue weighted by Gasteiger charge is 2.31. The molecule has 3 aliphatic rings. The number of nitrogens with one attached hydrogen (secondary N) is 4. The van der Waals surface area contributed by atoms with Gasteiger partial charge in [0.1, 0.15) is 17.5 Å². The molecule has 4 N–H and O–H groups in total. The maximum atomic E-state index is 15.2. The van der Waals surface area contributed by atoms with Gasteiger partial charge in [0, 0.05) is 79.7 Å². The normalized spacial score (nSPS) is 18.2. The third-order valence-corrected chi connectivity index (χ3v) is 11.6. The zero-order chi connectivity index (χ0) is 40.3. The largest absolute Gasteiger partial charge is 0.381 e. The van der Waals surface area contributed by atoms with Crippen LogP contribution < -0.4 is 20.9 Å². The van der Waals surface area contributed by atoms with E-state index in [0.717, 1.165) is 67.3 Å². The standard InChI is InChI=1S/C44H46F3N7O4/c1-53(25-27-2-5-34(38(47)22-27)35-7-9-41(55)49-43(35)56)32-10-14-54(15-11-32)33-4-6-36(40(24-33)48-31-12-16-58-17-13-31)44(57)50-42-37-21-26(3-8-39(37)51-52-42)18-28-19-29(45)23-30(46)20-28/h2-6,8,19-24,31-32,35,48H,7,9-18,25H2,1H3,(H,49,55,56)(H2,50,51,52,57). The van der Waals surface area contributed by atoms with Crippen LogP contribution in [0, 0.1) is 17.5 Å². The molecule has 0 saturated carbocycles. The minimum Gasteiger partial charge on any atom is -0.381 e. The average molecular weight is 794 g/mol. The molecule has 302 valence electrons. The maximum absolute atomic E-state index is 15.2. The van der Waals surface area contributed by atoms with Crippen LogP contribution in [0.1, 0.15) is 77.1 Å². The minimum absolute atomic E-state index is 0.138. The summed E-state index contributed by atoms with van der Waals surface area (Å²) < 4.78 is 48.5. The van der Waals surface area contributed by atoms with Crippen molar-refractivity contribution in [3.05, 3.63) is 118 Å². The van der Waals surface area contributed by atoms with Gasteiger partial charge in [-0.25, -0.2) is 13.2 Å². The predicted molar refractivity (Wildman–Crippen MR) is 215 cm³/mol. The fourth-order valence-electron chi connectivity index (χ4n) is 8.42. The lowest BCUT2D eigenvalue weighted by atomic mass is 9.89. The number of hydrogen-bond acceptors (Lipinski definition) is 8. The molecule has 11 nitrogen and oxygen atoms in total. The van der Waals surface area contributed by atoms with Crippen LogP contribution in [0.2, 0.25) is 0 Å². The SMILES string of the molecule is CN(Cc1ccc(C2CCC(=O)NC2=O)c(F)c1)C1CCN(c2ccc(C(=O)Nc3n[nH]c4ccc(Cc5cc(F)cc(F)c5)cc34)c(NC3CCOCC3)c2)CC1. The van der Waals surface area contributed by atoms with Gasteiger partial charge in [-0.3, -0.25) is 29.7 Å². The lowest BCUT2D eigenvalue weighted by molar-refractivity contribution is -0.134. The number of imide groups is 1. The van der Waals surface area contributed by atoms with Crippen LogP contribution in [0.3, 0.4) is 0 Å². The van der Waals surface area contributed by atoms with Crippen molar-refractivity contribution in [3.63, 3.8) is 0 Å². The van der Waals surface area contributed by atoms with Crippen LogP contribution in [0.15, 0.2) is 72.8 Å². The number of H-pyrrole nitrogens is 1. The van der Waals surface area contributed by atoms with E-state index in [2.05, 4.69) is 35.9 Å². The number of aromatic nitrogens is 2. The van der Waals surface area contributed by atoms with Crippen LogP contribution in [-0.2, 0) is 27.3 Å². The van der Waals surface area contributed by atoms with Crippen molar-refractivity contribution in [2.75, 3.05) is 48.9 Å². The van der Waals surface area contributed by atoms with Crippen molar-refractivity contribution in [1.82, 2.24) is 20.4 Å². The van der Waals surface area contributed by atoms with Gasteiger partial charge in [0.05, 0.1) is 17.0 Å². The Morgan fingerprint density at radius 3 is 2.38 bits per heavy atom. The van der Waals surface area contributed by atoms with Gasteiger partial charge >= 0.3 is 0 Å². The number of halogens is 3. The van der Waals surface area contributed by atoms with E-state index in [1.807, 2.05) is 49.5 Å². The molecule has 0 aliphatic carbocycles. The average Bonchev–Trinajstić information content (AvgIpc) is 3.59. The topological polar surface area (TPSA) is 132 Å². The predicted octanol–water partition coefficient (Wildman–Crippen LogP) is 7.04. The first-order valence-corrected chi connectivity index (χ1v) is 19.8. The molecule has 3 amide bonds. The van der Waals surface area contributed by atoms with Crippen LogP contribution in [0.4, 0.5) is 30.4 Å². The Kier molecular flexibility index (Phi) is 11.5. The quantitative estimate of drug-likeness (QED) is 0.105. The Bertz CT molecular complexity index is 2320. The lowest BCUT2D eigenvalue weighted by Crippen LogP contribution is -2.43. The summed E-state index contributed by atoms with van der Waals surface area (Å²) in [5.74, 6) is -3.11. The van der Waals surface area contributed by atoms with E-state index in [9.17, 15) is 23.2 Å². The number of piperidine rings is 2. The number of rotatable bonds is 11. The number of ether oxygens (including phenoxy) is 1. The number of benzene rings is 4. The number of anilines is 3. The monoisotopic (exact) mass is 793 g/mol. The molecule has 5 aromatic rings. The van der Waals surface area contributed by atoms with E-state index < -0.39 is 29.3 Å². The summed E-state index contributed by atoms with van der Waals surface area (Å²) in [5.41, 5.74) is 5.36. The third kappa shape index (κ3) is 8.87. The summed E-state index contributed by atoms with van der Waals surface area (Å²) in [4.78, 5) is 42.4. The molecule has 3 fully saturated rings. The number of aromatic amines is 1. The first-order valence-electron chi connectivity index (χ1n) is 19.8. The number of nitrogens with zero attached hydrogens (tertiary/aromatic N) is 3. The second kappa shape index (κ2) is 17.0. The van der Waals surface area contributed by atoms with E-state index >= 15 is 4.39 Å². The number of carbonyl (C=O) groups excluding carboxylic acids is 3. The molecule has 0 bridgehead atoms. The van der Waals surface area contributed by atoms with Crippen molar-refractivity contribution < 1.29 is 32.3 Å². The van der Waals surface area contributed by atoms with Gasteiger partial charge in [0.15, 0.2) is 5.82 Å². The molecule has 0 spiro atoms. The van der Waals surface area contributed by atoms with E-state index in [1.165, 1.54) is 18.2 Å². The van der Waals surface area contributed by atoms with Crippen LogP contribution in [0.25, 0.3) is 10.9 Å². The number of amides is 3. The van der Waals surface area contributed by atoms with Crippen molar-refractivity contribution in [1.29, 1.82) is 0 Å². The van der Waals surface area contributed by atoms with E-state index in [0.29, 0.717) is 66.0 Å². The molecule has 58 heavy (non-hydrogen) atoms. The van der Waals surface area contributed by atoms with E-state index in [-0.39, 0.29) is 30.3 Å². The summed E-state index contributed by atoms with van der Waals surface area (Å²) in [6.45, 7) is 3.43. The van der Waals surface area contributed by atoms with Gasteiger partial charge < -0.3 is 20.3 Å². The molecule has 1 atom stereocenters. The molecule has 3 aliphatic heterocycles. The molecular formula is C44H46F3N7O4. The number of carbonyl (C=O) groups is 3. The van der Waals surface area contributed by atoms with Crippen LogP contribution in [-0.4, -0.2) is 78.3 Å². The van der Waals surface area contributed by atoms with Gasteiger partial charge in [-0.2, -0.15) is 5.10 Å². The smallest absolute Gasteiger partial charge is 0.258 e. The Morgan fingerprint density at radius 1 is 0.879 bits per heavy atom. The molecule has 0 radical (unpaired) electrons. The van der Waals surface area contributed by atoms with Crippen molar-refractivity contribution in [2.24, 2.45) is 0 Å². The molecule has 1 aromatic heterocycles. The number of fused-ring (bicyclic) bond motifs is 1. The highest BCUT2D eigenvalue weighted by atomic mass is 19.1. The fraction of sp³-hybridized carbons (Fsp3) is 0.364. The van der Waals surface area contributed by atoms with Gasteiger partial charge in [-0.05, 0) is 111 Å². The fourth-order valence-corrected chi connectivity index (χ4v) is 8.42. The van der Waals surface area contributed by atoms with Crippen molar-refractivity contribution in [2.45, 2.75) is 69.5 Å². The Labute approximate surface area is 334 Å². The minimum atomic E-state index is -0.662. The van der Waals surface area contributed by atoms with Crippen molar-refractivity contribution >= 4 is 45.8 Å². The second-order valence-electron chi connectivity index (χ2n) is 15.6. The lowest BCUT2D eigenvalue weighted by Gasteiger charge is -2.38. The zero-order valence-electron chi connectivity index (χ0n) is 32.3. The molecule has 8 rings (SSSR count). The van der Waals surface area contributed by atoms with Gasteiger partial charge in [-0.1, -0.05) is 18.2 Å². The molecule has 4 heterocycles. The number of hydrogen-bond donors (Lipinski definition) is 4. The summed E-state index contributed by atoms with van der Waals surface area (Å²) >= 11 is 0. The Hall–Kier alpha value is -5.73. The highest BCUT2D eigenvalue weighted by molar-refractivity contribution is 6.11. The van der Waals surface area contributed by atoms with Crippen molar-refractivity contribution in [3.8, 4) is 0 Å². The summed E-state index contributed by atoms with van der Waals surface area (Å²) in [5, 5.41) is 17.0. The second-order valence-corrected chi connectivity index (χ2v) is 15.6. The molecule has 3 saturated heterocycles. The van der Waals surface area contributed by atoms with Crippen LogP contribution in [0.5, 0.6) is 0 Å². The van der Waals surface area contributed by atoms with Gasteiger partial charge in [0.25, 0.3) is 5.91 Å². The molecule has 4 aromatic carbocycles. The van der Waals surface area contributed by atoms with E-state index in [4.69, 9.17) is 4.74 Å². The van der Waals surface area contributed by atoms with Gasteiger partial charge in [-0.15, -0.1) is 0 Å². The molecule has 14 heteroatoms. The first-order chi connectivity index (χ1) is 28.1. The maximum Gasteiger partial charge on any atom is 0.258 e. The summed E-state index contributed by atoms with van der Waals surface area (Å²) in [6.07, 6.45) is 4.22. The first kappa shape index (κ1) is 39.1. The van der Waals surface area contributed by atoms with E-state index in [1.54, 1.807) is 6.07 Å². The third-order valence-electron chi connectivity index (χ3n) is 11.6. The summed E-state index contributed by atoms with van der Waals surface area (Å²) in [7, 11) is 2.05. The summed E-state index contributed by atoms with van der Waals surface area (Å²) in [6, 6.07) is 20.3. The molecule has 1 unspecified atom stereocenters. The zero-order valence-corrected chi connectivity index (χ0v) is 32.3. The Balaban J connectivity index is 0.937. The molecular weight excluding hydrogens is 748 g/mol. The van der Waals surface area contributed by atoms with Crippen LogP contribution >= 0.6 is 0 Å². The Morgan fingerprint density at radius 2 is 1.64 bits per heavy atom.